The third-order valence-corrected chi connectivity index (χ3v) is 7.32. The van der Waals surface area contributed by atoms with E-state index in [9.17, 15) is 0 Å². The van der Waals surface area contributed by atoms with Gasteiger partial charge in [0.2, 0.25) is 22.3 Å². The maximum absolute atomic E-state index is 5.13. The summed E-state index contributed by atoms with van der Waals surface area (Å²) in [5, 5.41) is 16.6. The lowest BCUT2D eigenvalue weighted by Crippen LogP contribution is -1.94. The summed E-state index contributed by atoms with van der Waals surface area (Å²) in [7, 11) is 2.68. The second-order valence-electron chi connectivity index (χ2n) is 4.29. The first-order valence-corrected chi connectivity index (χ1v) is 10.5. The summed E-state index contributed by atoms with van der Waals surface area (Å²) < 4.78 is 12.5. The highest BCUT2D eigenvalue weighted by Gasteiger charge is 2.22. The zero-order valence-corrected chi connectivity index (χ0v) is 15.6. The van der Waals surface area contributed by atoms with Crippen LogP contribution in [0.5, 0.6) is 5.88 Å². The van der Waals surface area contributed by atoms with Crippen LogP contribution in [-0.2, 0) is 0 Å². The molecule has 0 bridgehead atoms. The van der Waals surface area contributed by atoms with Crippen molar-refractivity contribution in [2.24, 2.45) is 0 Å². The van der Waals surface area contributed by atoms with Crippen molar-refractivity contribution >= 4 is 58.8 Å². The van der Waals surface area contributed by atoms with Gasteiger partial charge < -0.3 is 4.74 Å². The number of hydrogen-bond donors (Lipinski definition) is 0. The summed E-state index contributed by atoms with van der Waals surface area (Å²) in [6.45, 7) is 0. The molecule has 7 nitrogen and oxygen atoms in total. The van der Waals surface area contributed by atoms with Gasteiger partial charge >= 0.3 is 0 Å². The number of hydrogen-bond acceptors (Lipinski definition) is 8. The van der Waals surface area contributed by atoms with Crippen LogP contribution in [0, 0.1) is 0 Å². The molecule has 0 amide bonds. The SMILES string of the molecule is COc1ccc2c[s+](Sc3nnnn3-c3ccc(Br)s3)nc2n1. The molecule has 0 aliphatic carbocycles. The molecular weight excluding hydrogens is 420 g/mol. The van der Waals surface area contributed by atoms with Gasteiger partial charge in [0.05, 0.1) is 16.3 Å². The van der Waals surface area contributed by atoms with Crippen molar-refractivity contribution in [3.8, 4) is 10.9 Å². The highest BCUT2D eigenvalue weighted by atomic mass is 79.9. The monoisotopic (exact) mass is 427 g/mol. The lowest BCUT2D eigenvalue weighted by Gasteiger charge is -1.94. The summed E-state index contributed by atoms with van der Waals surface area (Å²) in [4.78, 5) is 4.35. The predicted octanol–water partition coefficient (Wildman–Crippen LogP) is 3.74. The molecule has 1 unspecified atom stereocenters. The van der Waals surface area contributed by atoms with Gasteiger partial charge in [-0.15, -0.1) is 11.3 Å². The molecule has 4 aromatic rings. The molecule has 4 heterocycles. The van der Waals surface area contributed by atoms with Gasteiger partial charge in [0.15, 0.2) is 15.1 Å². The van der Waals surface area contributed by atoms with Crippen LogP contribution in [-0.4, -0.2) is 36.7 Å². The maximum atomic E-state index is 5.13. The van der Waals surface area contributed by atoms with E-state index < -0.39 is 9.70 Å². The molecule has 0 aromatic carbocycles. The molecule has 4 aromatic heterocycles. The van der Waals surface area contributed by atoms with E-state index in [-0.39, 0.29) is 0 Å². The van der Waals surface area contributed by atoms with Crippen LogP contribution in [0.15, 0.2) is 38.6 Å². The first-order valence-electron chi connectivity index (χ1n) is 6.30. The van der Waals surface area contributed by atoms with Gasteiger partial charge in [-0.3, -0.25) is 0 Å². The first-order chi connectivity index (χ1) is 11.2. The molecular formula is C12H8BrN6OS3+. The van der Waals surface area contributed by atoms with E-state index in [2.05, 4.69) is 46.2 Å². The van der Waals surface area contributed by atoms with Crippen LogP contribution in [0.1, 0.15) is 0 Å². The number of thiophene rings is 1. The third kappa shape index (κ3) is 2.96. The maximum Gasteiger partial charge on any atom is 0.274 e. The first kappa shape index (κ1) is 15.0. The fourth-order valence-electron chi connectivity index (χ4n) is 1.85. The Labute approximate surface area is 149 Å². The summed E-state index contributed by atoms with van der Waals surface area (Å²) in [5.41, 5.74) is 0.693. The Balaban J connectivity index is 1.67. The average Bonchev–Trinajstić information content (AvgIpc) is 3.25. The van der Waals surface area contributed by atoms with Gasteiger partial charge in [-0.2, -0.15) is 9.67 Å². The highest BCUT2D eigenvalue weighted by molar-refractivity contribution is 9.11. The van der Waals surface area contributed by atoms with E-state index in [4.69, 9.17) is 4.74 Å². The lowest BCUT2D eigenvalue weighted by atomic mass is 10.4. The lowest BCUT2D eigenvalue weighted by molar-refractivity contribution is 0.399. The van der Waals surface area contributed by atoms with Crippen molar-refractivity contribution < 1.29 is 4.74 Å². The Hall–Kier alpha value is -1.56. The molecule has 116 valence electrons. The second-order valence-corrected chi connectivity index (χ2v) is 9.75. The Bertz CT molecular complexity index is 980. The number of ether oxygens (including phenoxy) is 1. The minimum absolute atomic E-state index is 0.412. The molecule has 0 saturated carbocycles. The summed E-state index contributed by atoms with van der Waals surface area (Å²) in [6, 6.07) is 7.72. The van der Waals surface area contributed by atoms with Crippen molar-refractivity contribution in [2.45, 2.75) is 5.16 Å². The van der Waals surface area contributed by atoms with E-state index in [1.807, 2.05) is 24.3 Å². The minimum atomic E-state index is -0.412. The summed E-state index contributed by atoms with van der Waals surface area (Å²) in [6.07, 6.45) is 0. The number of nitrogens with zero attached hydrogens (tertiary/aromatic N) is 6. The minimum Gasteiger partial charge on any atom is -0.481 e. The fourth-order valence-corrected chi connectivity index (χ4v) is 6.05. The standard InChI is InChI=1S/C12H8BrN6OS3/c1-20-9-4-2-7-6-23(16-11(7)14-9)22-12-15-17-18-19(12)10-5-3-8(13)21-10/h2-6H,1H3/q+1. The van der Waals surface area contributed by atoms with Gasteiger partial charge in [-0.1, -0.05) is 5.10 Å². The number of pyridine rings is 1. The molecule has 0 N–H and O–H groups in total. The number of aromatic nitrogens is 6. The Kier molecular flexibility index (Phi) is 4.01. The van der Waals surface area contributed by atoms with Crippen molar-refractivity contribution in [3.05, 3.63) is 33.4 Å². The van der Waals surface area contributed by atoms with Crippen LogP contribution >= 0.6 is 47.8 Å². The third-order valence-electron chi connectivity index (χ3n) is 2.86. The molecule has 0 radical (unpaired) electrons. The largest absolute Gasteiger partial charge is 0.481 e. The Morgan fingerprint density at radius 1 is 1.30 bits per heavy atom. The van der Waals surface area contributed by atoms with Crippen molar-refractivity contribution in [1.82, 2.24) is 29.6 Å². The number of fused-ring (bicyclic) bond motifs is 1. The average molecular weight is 428 g/mol. The van der Waals surface area contributed by atoms with E-state index in [0.717, 1.165) is 14.2 Å². The zero-order chi connectivity index (χ0) is 15.8. The molecule has 1 atom stereocenters. The number of rotatable bonds is 4. The quantitative estimate of drug-likeness (QED) is 0.362. The molecule has 0 aliphatic rings. The van der Waals surface area contributed by atoms with E-state index >= 15 is 0 Å². The highest BCUT2D eigenvalue weighted by Crippen LogP contribution is 2.39. The van der Waals surface area contributed by atoms with E-state index in [0.29, 0.717) is 16.7 Å². The molecule has 0 fully saturated rings. The van der Waals surface area contributed by atoms with Crippen molar-refractivity contribution in [2.75, 3.05) is 7.11 Å². The molecule has 0 spiro atoms. The zero-order valence-electron chi connectivity index (χ0n) is 11.6. The van der Waals surface area contributed by atoms with E-state index in [1.54, 1.807) is 23.1 Å². The van der Waals surface area contributed by atoms with Crippen LogP contribution < -0.4 is 4.74 Å². The molecule has 4 rings (SSSR count). The normalized spacial score (nSPS) is 12.0. The van der Waals surface area contributed by atoms with Gasteiger partial charge in [-0.05, 0) is 48.9 Å². The van der Waals surface area contributed by atoms with Gasteiger partial charge in [0.25, 0.3) is 5.16 Å². The molecule has 23 heavy (non-hydrogen) atoms. The Morgan fingerprint density at radius 2 is 2.22 bits per heavy atom. The summed E-state index contributed by atoms with van der Waals surface area (Å²) in [5.74, 6) is 0.560. The van der Waals surface area contributed by atoms with Gasteiger partial charge in [-0.25, -0.2) is 0 Å². The van der Waals surface area contributed by atoms with Crippen molar-refractivity contribution in [3.63, 3.8) is 0 Å². The number of methoxy groups -OCH3 is 1. The second kappa shape index (κ2) is 6.15. The van der Waals surface area contributed by atoms with Gasteiger partial charge in [0.1, 0.15) is 5.00 Å². The van der Waals surface area contributed by atoms with Crippen LogP contribution in [0.4, 0.5) is 0 Å². The van der Waals surface area contributed by atoms with Crippen LogP contribution in [0.25, 0.3) is 16.0 Å². The Morgan fingerprint density at radius 3 is 3.00 bits per heavy atom. The van der Waals surface area contributed by atoms with Crippen LogP contribution in [0.2, 0.25) is 0 Å². The summed E-state index contributed by atoms with van der Waals surface area (Å²) >= 11 is 5.02. The molecule has 0 aliphatic heterocycles. The molecule has 0 saturated heterocycles. The van der Waals surface area contributed by atoms with Crippen LogP contribution in [0.3, 0.4) is 0 Å². The molecule has 11 heteroatoms. The van der Waals surface area contributed by atoms with Gasteiger partial charge in [0, 0.05) is 6.07 Å². The topological polar surface area (TPSA) is 78.6 Å². The fraction of sp³-hybridized carbons (Fsp3) is 0.0833. The number of halogens is 1. The number of tetrazole rings is 1. The van der Waals surface area contributed by atoms with E-state index in [1.165, 1.54) is 10.8 Å². The predicted molar refractivity (Wildman–Crippen MR) is 94.6 cm³/mol. The van der Waals surface area contributed by atoms with Crippen molar-refractivity contribution in [1.29, 1.82) is 0 Å². The smallest absolute Gasteiger partial charge is 0.274 e.